The number of allylic oxidation sites excluding steroid dienone is 2. The van der Waals surface area contributed by atoms with E-state index in [0.717, 1.165) is 25.1 Å². The second kappa shape index (κ2) is 17.2. The molecule has 0 aromatic carbocycles. The maximum Gasteiger partial charge on any atom is 1.00 e. The van der Waals surface area contributed by atoms with Gasteiger partial charge in [-0.25, -0.2) is 9.78 Å². The summed E-state index contributed by atoms with van der Waals surface area (Å²) in [6, 6.07) is 3.34. The fourth-order valence-corrected chi connectivity index (χ4v) is 2.69. The summed E-state index contributed by atoms with van der Waals surface area (Å²) in [4.78, 5) is 31.7. The molecule has 0 spiro atoms. The quantitative estimate of drug-likeness (QED) is 0.234. The summed E-state index contributed by atoms with van der Waals surface area (Å²) in [5, 5.41) is 11.8. The number of aliphatic imine (C=N–C) groups is 1. The zero-order valence-electron chi connectivity index (χ0n) is 20.6. The molecule has 0 radical (unpaired) electrons. The standard InChI is InChI=1S/C14H11N3O.C10H16N2O3.2Li/c1-2-7-16-10-11(9-15)13-4-3-8-17-14(13)18-12-5-6-12;1-4-12(7(2)3)10(14)15-8-5-9(13)11-6-8;;/h1-4,8-9,12H,5-6H2;7-8H,1-2,4-6H2,3H3,(H,11,13);;/q-4;-2;2*+1/t;7-,8-;;/m.0../s1. The number of hydrogen-bond acceptors (Lipinski definition) is 6. The minimum Gasteiger partial charge on any atom is -0.911 e. The third-order valence-corrected chi connectivity index (χ3v) is 4.52. The van der Waals surface area contributed by atoms with Crippen molar-refractivity contribution in [3.8, 4) is 5.88 Å². The Bertz CT molecular complexity index is 904. The van der Waals surface area contributed by atoms with Gasteiger partial charge in [-0.3, -0.25) is 10.4 Å². The van der Waals surface area contributed by atoms with Gasteiger partial charge in [0.1, 0.15) is 12.0 Å². The normalized spacial score (nSPS) is 17.5. The first-order valence-corrected chi connectivity index (χ1v) is 10.5. The van der Waals surface area contributed by atoms with Gasteiger partial charge in [0.2, 0.25) is 5.91 Å². The van der Waals surface area contributed by atoms with Crippen molar-refractivity contribution in [2.45, 2.75) is 44.4 Å². The number of pyridine rings is 1. The first kappa shape index (κ1) is 32.7. The van der Waals surface area contributed by atoms with Gasteiger partial charge in [0.25, 0.3) is 0 Å². The number of nitrogens with one attached hydrogen (secondary N) is 1. The van der Waals surface area contributed by atoms with Crippen LogP contribution in [-0.2, 0) is 9.53 Å². The van der Waals surface area contributed by atoms with Crippen LogP contribution in [0.25, 0.3) is 11.0 Å². The van der Waals surface area contributed by atoms with Crippen LogP contribution < -0.4 is 47.8 Å². The average Bonchev–Trinajstić information content (AvgIpc) is 3.51. The van der Waals surface area contributed by atoms with Gasteiger partial charge in [0.15, 0.2) is 0 Å². The molecule has 2 amide bonds. The monoisotopic (exact) mass is 463 g/mol. The van der Waals surface area contributed by atoms with E-state index in [0.29, 0.717) is 30.1 Å². The Morgan fingerprint density at radius 1 is 1.46 bits per heavy atom. The van der Waals surface area contributed by atoms with Crippen LogP contribution in [0.4, 0.5) is 4.79 Å². The topological polar surface area (TPSA) is 115 Å². The molecule has 2 heterocycles. The van der Waals surface area contributed by atoms with E-state index in [1.807, 2.05) is 0 Å². The minimum absolute atomic E-state index is 0. The number of carbonyl (C=O) groups excluding carboxylic acids is 2. The SMILES string of the molecule is [CH-]=C[C-]=N[C-]=C(C=[N-])c1cccnc1OC1CC1.[CH2-]CN(C(=O)O[C@@H]1CNC(=O)C1)[C@@H]([CH2-])C.[Li+].[Li+]. The van der Waals surface area contributed by atoms with Crippen LogP contribution in [0, 0.1) is 26.6 Å². The number of carbonyl (C=O) groups is 2. The van der Waals surface area contributed by atoms with Crippen LogP contribution in [0.3, 0.4) is 0 Å². The van der Waals surface area contributed by atoms with Crippen molar-refractivity contribution in [2.75, 3.05) is 13.1 Å². The number of hydrogen-bond donors (Lipinski definition) is 1. The molecule has 2 aliphatic rings. The van der Waals surface area contributed by atoms with Crippen molar-refractivity contribution >= 4 is 30.0 Å². The fraction of sp³-hybridized carbons (Fsp3) is 0.375. The largest absolute Gasteiger partial charge is 1.00 e. The van der Waals surface area contributed by atoms with E-state index in [1.165, 1.54) is 4.90 Å². The Hall–Kier alpha value is -2.30. The molecular weight excluding hydrogens is 436 g/mol. The summed E-state index contributed by atoms with van der Waals surface area (Å²) in [5.74, 6) is 0.386. The van der Waals surface area contributed by atoms with Gasteiger partial charge in [-0.1, -0.05) is 19.0 Å². The number of ether oxygens (including phenoxy) is 2. The van der Waals surface area contributed by atoms with Gasteiger partial charge >= 0.3 is 43.8 Å². The van der Waals surface area contributed by atoms with E-state index in [1.54, 1.807) is 25.3 Å². The third kappa shape index (κ3) is 11.3. The molecule has 2 atom stereocenters. The predicted molar refractivity (Wildman–Crippen MR) is 125 cm³/mol. The summed E-state index contributed by atoms with van der Waals surface area (Å²) < 4.78 is 10.8. The Balaban J connectivity index is 0.000000635. The van der Waals surface area contributed by atoms with E-state index >= 15 is 0 Å². The molecular formula is C24H27Li2N5O4-4. The Morgan fingerprint density at radius 3 is 2.69 bits per heavy atom. The second-order valence-corrected chi connectivity index (χ2v) is 7.29. The zero-order valence-corrected chi connectivity index (χ0v) is 20.6. The van der Waals surface area contributed by atoms with Gasteiger partial charge in [-0.05, 0) is 12.8 Å². The Labute approximate surface area is 231 Å². The molecule has 1 saturated heterocycles. The van der Waals surface area contributed by atoms with Crippen LogP contribution in [0.5, 0.6) is 5.88 Å². The maximum absolute atomic E-state index is 11.6. The molecule has 1 aliphatic heterocycles. The first-order chi connectivity index (χ1) is 15.9. The molecule has 11 heteroatoms. The van der Waals surface area contributed by atoms with Crippen LogP contribution in [0.15, 0.2) is 29.4 Å². The van der Waals surface area contributed by atoms with Gasteiger partial charge in [-0.2, -0.15) is 12.4 Å². The Morgan fingerprint density at radius 2 is 2.17 bits per heavy atom. The van der Waals surface area contributed by atoms with Crippen LogP contribution in [-0.4, -0.2) is 65.7 Å². The molecule has 2 fully saturated rings. The van der Waals surface area contributed by atoms with Crippen molar-refractivity contribution in [2.24, 2.45) is 4.99 Å². The Kier molecular flexibility index (Phi) is 16.1. The van der Waals surface area contributed by atoms with Crippen molar-refractivity contribution in [1.29, 1.82) is 0 Å². The maximum atomic E-state index is 11.6. The summed E-state index contributed by atoms with van der Waals surface area (Å²) in [7, 11) is 0. The average molecular weight is 463 g/mol. The molecule has 35 heavy (non-hydrogen) atoms. The predicted octanol–water partition coefficient (Wildman–Crippen LogP) is -3.28. The van der Waals surface area contributed by atoms with Gasteiger partial charge < -0.3 is 62.8 Å². The van der Waals surface area contributed by atoms with Crippen molar-refractivity contribution < 1.29 is 56.8 Å². The smallest absolute Gasteiger partial charge is 0.911 e. The molecule has 178 valence electrons. The minimum atomic E-state index is -0.464. The molecule has 0 bridgehead atoms. The van der Waals surface area contributed by atoms with E-state index in [4.69, 9.17) is 16.1 Å². The van der Waals surface area contributed by atoms with Gasteiger partial charge in [-0.15, -0.1) is 18.2 Å². The summed E-state index contributed by atoms with van der Waals surface area (Å²) >= 11 is 0. The van der Waals surface area contributed by atoms with E-state index in [2.05, 4.69) is 41.6 Å². The molecule has 3 rings (SSSR count). The van der Waals surface area contributed by atoms with Gasteiger partial charge in [0.05, 0.1) is 19.1 Å². The van der Waals surface area contributed by atoms with E-state index in [9.17, 15) is 15.0 Å². The summed E-state index contributed by atoms with van der Waals surface area (Å²) in [6.07, 6.45) is 10.4. The van der Waals surface area contributed by atoms with Crippen LogP contribution in [0.1, 0.15) is 31.7 Å². The molecule has 1 aromatic heterocycles. The van der Waals surface area contributed by atoms with Crippen LogP contribution in [0.2, 0.25) is 0 Å². The molecule has 9 nitrogen and oxygen atoms in total. The first-order valence-electron chi connectivity index (χ1n) is 10.5. The van der Waals surface area contributed by atoms with Crippen molar-refractivity contribution in [1.82, 2.24) is 15.2 Å². The third-order valence-electron chi connectivity index (χ3n) is 4.52. The molecule has 0 unspecified atom stereocenters. The number of amides is 2. The molecule has 1 aliphatic carbocycles. The van der Waals surface area contributed by atoms with E-state index < -0.39 is 6.09 Å². The number of nitrogens with zero attached hydrogens (tertiary/aromatic N) is 4. The number of rotatable bonds is 9. The fourth-order valence-electron chi connectivity index (χ4n) is 2.69. The van der Waals surface area contributed by atoms with Crippen LogP contribution >= 0.6 is 0 Å². The zero-order chi connectivity index (χ0) is 24.2. The summed E-state index contributed by atoms with van der Waals surface area (Å²) in [5.41, 5.74) is 1.00. The number of aromatic nitrogens is 1. The van der Waals surface area contributed by atoms with Gasteiger partial charge in [0, 0.05) is 6.20 Å². The second-order valence-electron chi connectivity index (χ2n) is 7.29. The van der Waals surface area contributed by atoms with Crippen molar-refractivity contribution in [3.05, 3.63) is 62.0 Å². The van der Waals surface area contributed by atoms with E-state index in [-0.39, 0.29) is 68.3 Å². The molecule has 1 aromatic rings. The molecule has 1 N–H and O–H groups in total. The van der Waals surface area contributed by atoms with Crippen molar-refractivity contribution in [3.63, 3.8) is 0 Å². The molecule has 1 saturated carbocycles. The summed E-state index contributed by atoms with van der Waals surface area (Å²) in [6.45, 7) is 14.9.